The van der Waals surface area contributed by atoms with Crippen molar-refractivity contribution in [3.63, 3.8) is 0 Å². The molecule has 7 nitrogen and oxygen atoms in total. The number of hydrogen-bond acceptors (Lipinski definition) is 4. The van der Waals surface area contributed by atoms with Gasteiger partial charge < -0.3 is 10.6 Å². The molecule has 0 saturated heterocycles. The van der Waals surface area contributed by atoms with Gasteiger partial charge in [-0.2, -0.15) is 0 Å². The zero-order valence-corrected chi connectivity index (χ0v) is 14.4. The molecule has 0 atom stereocenters. The first-order valence-electron chi connectivity index (χ1n) is 8.16. The largest absolute Gasteiger partial charge is 0.322 e. The first-order valence-corrected chi connectivity index (χ1v) is 8.16. The van der Waals surface area contributed by atoms with Crippen molar-refractivity contribution in [1.82, 2.24) is 0 Å². The number of amides is 2. The quantitative estimate of drug-likeness (QED) is 0.511. The number of nitrogens with one attached hydrogen (secondary N) is 2. The molecule has 0 heterocycles. The molecule has 0 fully saturated rings. The molecule has 28 heavy (non-hydrogen) atoms. The van der Waals surface area contributed by atoms with Gasteiger partial charge in [-0.25, -0.2) is 4.39 Å². The van der Waals surface area contributed by atoms with E-state index < -0.39 is 16.6 Å². The lowest BCUT2D eigenvalue weighted by Gasteiger charge is -2.08. The van der Waals surface area contributed by atoms with Gasteiger partial charge in [-0.05, 0) is 42.5 Å². The Labute approximate surface area is 159 Å². The van der Waals surface area contributed by atoms with Crippen molar-refractivity contribution in [2.24, 2.45) is 0 Å². The highest BCUT2D eigenvalue weighted by Crippen LogP contribution is 2.22. The van der Waals surface area contributed by atoms with Gasteiger partial charge in [0.05, 0.1) is 10.6 Å². The van der Waals surface area contributed by atoms with Crippen LogP contribution in [-0.2, 0) is 0 Å². The molecule has 8 heteroatoms. The van der Waals surface area contributed by atoms with Crippen molar-refractivity contribution < 1.29 is 18.9 Å². The number of carbonyl (C=O) groups excluding carboxylic acids is 2. The number of anilines is 2. The molecule has 3 rings (SSSR count). The van der Waals surface area contributed by atoms with Crippen LogP contribution in [0.5, 0.6) is 0 Å². The lowest BCUT2D eigenvalue weighted by molar-refractivity contribution is -0.384. The molecule has 0 aliphatic heterocycles. The molecule has 3 aromatic carbocycles. The number of halogens is 1. The number of nitrogens with zero attached hydrogens (tertiary/aromatic N) is 1. The fraction of sp³-hybridized carbons (Fsp3) is 0. The Balaban J connectivity index is 1.70. The number of nitro benzene ring substituents is 1. The predicted molar refractivity (Wildman–Crippen MR) is 102 cm³/mol. The number of hydrogen-bond donors (Lipinski definition) is 2. The van der Waals surface area contributed by atoms with E-state index >= 15 is 0 Å². The predicted octanol–water partition coefficient (Wildman–Crippen LogP) is 4.24. The Kier molecular flexibility index (Phi) is 5.40. The van der Waals surface area contributed by atoms with Crippen molar-refractivity contribution in [1.29, 1.82) is 0 Å². The summed E-state index contributed by atoms with van der Waals surface area (Å²) in [5.41, 5.74) is 0.539. The smallest absolute Gasteiger partial charge is 0.271 e. The maximum Gasteiger partial charge on any atom is 0.271 e. The van der Waals surface area contributed by atoms with E-state index in [1.54, 1.807) is 30.3 Å². The molecule has 0 aliphatic carbocycles. The third-order valence-electron chi connectivity index (χ3n) is 3.85. The maximum absolute atomic E-state index is 13.8. The van der Waals surface area contributed by atoms with Crippen LogP contribution >= 0.6 is 0 Å². The molecular weight excluding hydrogens is 365 g/mol. The van der Waals surface area contributed by atoms with Gasteiger partial charge in [0.15, 0.2) is 0 Å². The van der Waals surface area contributed by atoms with Crippen LogP contribution in [0.4, 0.5) is 21.5 Å². The van der Waals surface area contributed by atoms with Gasteiger partial charge in [-0.1, -0.05) is 18.2 Å². The molecule has 3 aromatic rings. The number of non-ortho nitro benzene ring substituents is 1. The van der Waals surface area contributed by atoms with Crippen LogP contribution < -0.4 is 10.6 Å². The second-order valence-electron chi connectivity index (χ2n) is 5.77. The van der Waals surface area contributed by atoms with Crippen molar-refractivity contribution >= 4 is 28.9 Å². The van der Waals surface area contributed by atoms with Gasteiger partial charge in [-0.15, -0.1) is 0 Å². The van der Waals surface area contributed by atoms with E-state index in [4.69, 9.17) is 0 Å². The van der Waals surface area contributed by atoms with Gasteiger partial charge in [0, 0.05) is 28.9 Å². The standard InChI is InChI=1S/C20H14FN3O4/c21-17-11-10-16(24(27)28)12-18(17)23-20(26)14-6-8-15(9-7-14)22-19(25)13-4-2-1-3-5-13/h1-12H,(H,22,25)(H,23,26). The Hall–Kier alpha value is -4.07. The van der Waals surface area contributed by atoms with Gasteiger partial charge in [0.1, 0.15) is 5.82 Å². The normalized spacial score (nSPS) is 10.2. The molecule has 2 amide bonds. The Morgan fingerprint density at radius 3 is 2.07 bits per heavy atom. The Morgan fingerprint density at radius 1 is 0.821 bits per heavy atom. The average molecular weight is 379 g/mol. The van der Waals surface area contributed by atoms with Gasteiger partial charge in [0.25, 0.3) is 17.5 Å². The second kappa shape index (κ2) is 8.09. The number of benzene rings is 3. The van der Waals surface area contributed by atoms with E-state index in [1.165, 1.54) is 24.3 Å². The first-order chi connectivity index (χ1) is 13.4. The van der Waals surface area contributed by atoms with Crippen LogP contribution in [0.1, 0.15) is 20.7 Å². The Morgan fingerprint density at radius 2 is 1.43 bits per heavy atom. The second-order valence-corrected chi connectivity index (χ2v) is 5.77. The topological polar surface area (TPSA) is 101 Å². The van der Waals surface area contributed by atoms with Gasteiger partial charge in [0.2, 0.25) is 0 Å². The Bertz CT molecular complexity index is 1040. The summed E-state index contributed by atoms with van der Waals surface area (Å²) < 4.78 is 13.8. The first kappa shape index (κ1) is 18.7. The van der Waals surface area contributed by atoms with Crippen molar-refractivity contribution in [2.75, 3.05) is 10.6 Å². The van der Waals surface area contributed by atoms with Crippen LogP contribution in [0.3, 0.4) is 0 Å². The SMILES string of the molecule is O=C(Nc1ccc(C(=O)Nc2cc([N+](=O)[O-])ccc2F)cc1)c1ccccc1. The van der Waals surface area contributed by atoms with E-state index in [9.17, 15) is 24.1 Å². The van der Waals surface area contributed by atoms with Crippen LogP contribution in [0.2, 0.25) is 0 Å². The minimum atomic E-state index is -0.786. The number of carbonyl (C=O) groups is 2. The van der Waals surface area contributed by atoms with Gasteiger partial charge >= 0.3 is 0 Å². The fourth-order valence-corrected chi connectivity index (χ4v) is 2.41. The van der Waals surface area contributed by atoms with E-state index in [0.717, 1.165) is 18.2 Å². The molecule has 0 radical (unpaired) electrons. The highest BCUT2D eigenvalue weighted by Gasteiger charge is 2.14. The molecule has 0 spiro atoms. The summed E-state index contributed by atoms with van der Waals surface area (Å²) in [4.78, 5) is 34.5. The molecule has 0 aliphatic rings. The summed E-state index contributed by atoms with van der Waals surface area (Å²) in [6.45, 7) is 0. The summed E-state index contributed by atoms with van der Waals surface area (Å²) in [7, 11) is 0. The molecular formula is C20H14FN3O4. The molecule has 0 aromatic heterocycles. The van der Waals surface area contributed by atoms with E-state index in [-0.39, 0.29) is 22.8 Å². The summed E-state index contributed by atoms with van der Waals surface area (Å²) in [5.74, 6) is -1.72. The average Bonchev–Trinajstić information content (AvgIpc) is 2.70. The minimum Gasteiger partial charge on any atom is -0.322 e. The highest BCUT2D eigenvalue weighted by atomic mass is 19.1. The van der Waals surface area contributed by atoms with E-state index in [2.05, 4.69) is 10.6 Å². The zero-order chi connectivity index (χ0) is 20.1. The van der Waals surface area contributed by atoms with Crippen LogP contribution in [-0.4, -0.2) is 16.7 Å². The summed E-state index contributed by atoms with van der Waals surface area (Å²) in [5, 5.41) is 15.8. The van der Waals surface area contributed by atoms with Crippen LogP contribution in [0.25, 0.3) is 0 Å². The number of rotatable bonds is 5. The minimum absolute atomic E-state index is 0.198. The number of nitro groups is 1. The summed E-state index contributed by atoms with van der Waals surface area (Å²) in [6.07, 6.45) is 0. The van der Waals surface area contributed by atoms with Crippen LogP contribution in [0, 0.1) is 15.9 Å². The van der Waals surface area contributed by atoms with Crippen LogP contribution in [0.15, 0.2) is 72.8 Å². The van der Waals surface area contributed by atoms with E-state index in [1.807, 2.05) is 0 Å². The van der Waals surface area contributed by atoms with Crippen molar-refractivity contribution in [3.8, 4) is 0 Å². The molecule has 2 N–H and O–H groups in total. The fourth-order valence-electron chi connectivity index (χ4n) is 2.41. The molecule has 140 valence electrons. The molecule has 0 unspecified atom stereocenters. The third-order valence-corrected chi connectivity index (χ3v) is 3.85. The van der Waals surface area contributed by atoms with Crippen molar-refractivity contribution in [2.45, 2.75) is 0 Å². The zero-order valence-electron chi connectivity index (χ0n) is 14.4. The molecule has 0 bridgehead atoms. The lowest BCUT2D eigenvalue weighted by atomic mass is 10.1. The third kappa shape index (κ3) is 4.36. The van der Waals surface area contributed by atoms with Gasteiger partial charge in [-0.3, -0.25) is 19.7 Å². The monoisotopic (exact) mass is 379 g/mol. The maximum atomic E-state index is 13.8. The van der Waals surface area contributed by atoms with Crippen molar-refractivity contribution in [3.05, 3.63) is 99.9 Å². The molecule has 0 saturated carbocycles. The highest BCUT2D eigenvalue weighted by molar-refractivity contribution is 6.06. The lowest BCUT2D eigenvalue weighted by Crippen LogP contribution is -2.14. The summed E-state index contributed by atoms with van der Waals surface area (Å²) >= 11 is 0. The summed E-state index contributed by atoms with van der Waals surface area (Å²) in [6, 6.07) is 17.5. The van der Waals surface area contributed by atoms with E-state index in [0.29, 0.717) is 11.3 Å².